The van der Waals surface area contributed by atoms with Gasteiger partial charge in [-0.15, -0.1) is 0 Å². The number of hydrogen-bond acceptors (Lipinski definition) is 4. The predicted octanol–water partition coefficient (Wildman–Crippen LogP) is 3.00. The van der Waals surface area contributed by atoms with Gasteiger partial charge in [0.1, 0.15) is 5.76 Å². The summed E-state index contributed by atoms with van der Waals surface area (Å²) in [6.45, 7) is 6.36. The summed E-state index contributed by atoms with van der Waals surface area (Å²) in [7, 11) is 1.78. The third kappa shape index (κ3) is 4.34. The Bertz CT molecular complexity index is 738. The van der Waals surface area contributed by atoms with Crippen molar-refractivity contribution in [3.05, 3.63) is 46.1 Å². The van der Waals surface area contributed by atoms with Crippen molar-refractivity contribution in [2.24, 2.45) is 4.99 Å². The van der Waals surface area contributed by atoms with Gasteiger partial charge in [-0.25, -0.2) is 4.98 Å². The first kappa shape index (κ1) is 17.8. The molecule has 0 aliphatic carbocycles. The fraction of sp³-hybridized carbons (Fsp3) is 0.444. The molecule has 1 aliphatic heterocycles. The second-order valence-electron chi connectivity index (χ2n) is 6.20. The average molecular weight is 406 g/mol. The second kappa shape index (κ2) is 7.91. The van der Waals surface area contributed by atoms with Crippen LogP contribution in [0.3, 0.4) is 0 Å². The van der Waals surface area contributed by atoms with Crippen LogP contribution in [-0.2, 0) is 6.54 Å². The molecule has 25 heavy (non-hydrogen) atoms. The molecule has 1 saturated heterocycles. The number of hydrogen-bond donors (Lipinski definition) is 2. The summed E-state index contributed by atoms with van der Waals surface area (Å²) in [6, 6.07) is 8.69. The molecular formula is C18H24BrN5O. The molecule has 1 unspecified atom stereocenters. The number of aliphatic imine (C=N–C) groups is 1. The van der Waals surface area contributed by atoms with E-state index in [-0.39, 0.29) is 0 Å². The van der Waals surface area contributed by atoms with Crippen LogP contribution in [0, 0.1) is 13.8 Å². The standard InChI is InChI=1S/C18H24BrN5O/c1-12-13(2)25-17(22-12)10-21-18(20-3)23-14-8-9-24(11-14)16-7-5-4-6-15(16)19/h4-7,14H,8-11H2,1-3H3,(H2,20,21,23). The lowest BCUT2D eigenvalue weighted by atomic mass is 10.3. The van der Waals surface area contributed by atoms with Crippen LogP contribution in [0.4, 0.5) is 5.69 Å². The fourth-order valence-electron chi connectivity index (χ4n) is 2.97. The van der Waals surface area contributed by atoms with Crippen molar-refractivity contribution in [3.63, 3.8) is 0 Å². The number of anilines is 1. The summed E-state index contributed by atoms with van der Waals surface area (Å²) < 4.78 is 6.73. The Hall–Kier alpha value is -2.02. The van der Waals surface area contributed by atoms with Crippen LogP contribution in [0.25, 0.3) is 0 Å². The van der Waals surface area contributed by atoms with Crippen molar-refractivity contribution >= 4 is 27.6 Å². The number of oxazole rings is 1. The highest BCUT2D eigenvalue weighted by molar-refractivity contribution is 9.10. The van der Waals surface area contributed by atoms with Gasteiger partial charge in [-0.1, -0.05) is 12.1 Å². The first-order valence-corrected chi connectivity index (χ1v) is 9.25. The number of guanidine groups is 1. The smallest absolute Gasteiger partial charge is 0.214 e. The van der Waals surface area contributed by atoms with E-state index in [1.54, 1.807) is 7.05 Å². The third-order valence-electron chi connectivity index (χ3n) is 4.43. The Kier molecular flexibility index (Phi) is 5.63. The highest BCUT2D eigenvalue weighted by atomic mass is 79.9. The monoisotopic (exact) mass is 405 g/mol. The molecule has 0 saturated carbocycles. The summed E-state index contributed by atoms with van der Waals surface area (Å²) in [4.78, 5) is 11.1. The summed E-state index contributed by atoms with van der Waals surface area (Å²) in [5.74, 6) is 2.31. The molecule has 1 aromatic carbocycles. The molecule has 2 heterocycles. The summed E-state index contributed by atoms with van der Waals surface area (Å²) in [5.41, 5.74) is 2.17. The molecular weight excluding hydrogens is 382 g/mol. The number of halogens is 1. The van der Waals surface area contributed by atoms with Gasteiger partial charge in [0, 0.05) is 30.7 Å². The van der Waals surface area contributed by atoms with Crippen molar-refractivity contribution in [3.8, 4) is 0 Å². The Morgan fingerprint density at radius 2 is 2.20 bits per heavy atom. The van der Waals surface area contributed by atoms with Crippen molar-refractivity contribution < 1.29 is 4.42 Å². The second-order valence-corrected chi connectivity index (χ2v) is 7.06. The highest BCUT2D eigenvalue weighted by Gasteiger charge is 2.24. The Morgan fingerprint density at radius 3 is 2.88 bits per heavy atom. The van der Waals surface area contributed by atoms with E-state index in [2.05, 4.69) is 59.6 Å². The molecule has 1 atom stereocenters. The van der Waals surface area contributed by atoms with E-state index in [9.17, 15) is 0 Å². The van der Waals surface area contributed by atoms with Crippen LogP contribution >= 0.6 is 15.9 Å². The number of para-hydroxylation sites is 1. The van der Waals surface area contributed by atoms with E-state index in [0.29, 0.717) is 18.5 Å². The number of nitrogens with one attached hydrogen (secondary N) is 2. The van der Waals surface area contributed by atoms with Crippen molar-refractivity contribution in [2.45, 2.75) is 32.9 Å². The van der Waals surface area contributed by atoms with Gasteiger partial charge in [0.2, 0.25) is 5.89 Å². The van der Waals surface area contributed by atoms with Crippen molar-refractivity contribution in [1.82, 2.24) is 15.6 Å². The van der Waals surface area contributed by atoms with E-state index >= 15 is 0 Å². The Morgan fingerprint density at radius 1 is 1.40 bits per heavy atom. The largest absolute Gasteiger partial charge is 0.444 e. The van der Waals surface area contributed by atoms with Gasteiger partial charge in [-0.05, 0) is 48.3 Å². The summed E-state index contributed by atoms with van der Waals surface area (Å²) in [5, 5.41) is 6.76. The molecule has 2 aromatic rings. The van der Waals surface area contributed by atoms with E-state index in [1.807, 2.05) is 19.9 Å². The van der Waals surface area contributed by atoms with Crippen LogP contribution in [0.2, 0.25) is 0 Å². The normalized spacial score (nSPS) is 17.8. The van der Waals surface area contributed by atoms with Crippen molar-refractivity contribution in [2.75, 3.05) is 25.0 Å². The molecule has 2 N–H and O–H groups in total. The van der Waals surface area contributed by atoms with E-state index in [0.717, 1.165) is 41.4 Å². The maximum atomic E-state index is 5.60. The zero-order valence-electron chi connectivity index (χ0n) is 14.8. The van der Waals surface area contributed by atoms with Gasteiger partial charge < -0.3 is 20.0 Å². The number of aryl methyl sites for hydroxylation is 2. The van der Waals surface area contributed by atoms with Crippen LogP contribution in [0.5, 0.6) is 0 Å². The van der Waals surface area contributed by atoms with Gasteiger partial charge in [-0.3, -0.25) is 4.99 Å². The lowest BCUT2D eigenvalue weighted by molar-refractivity contribution is 0.463. The Labute approximate surface area is 156 Å². The van der Waals surface area contributed by atoms with Crippen LogP contribution in [0.1, 0.15) is 23.8 Å². The Balaban J connectivity index is 1.53. The van der Waals surface area contributed by atoms with Gasteiger partial charge in [0.25, 0.3) is 0 Å². The number of rotatable bonds is 4. The topological polar surface area (TPSA) is 65.7 Å². The molecule has 0 spiro atoms. The molecule has 3 rings (SSSR count). The van der Waals surface area contributed by atoms with Gasteiger partial charge >= 0.3 is 0 Å². The molecule has 0 radical (unpaired) electrons. The lowest BCUT2D eigenvalue weighted by Crippen LogP contribution is -2.44. The molecule has 1 aromatic heterocycles. The average Bonchev–Trinajstić information content (AvgIpc) is 3.19. The van der Waals surface area contributed by atoms with Crippen molar-refractivity contribution in [1.29, 1.82) is 0 Å². The van der Waals surface area contributed by atoms with Crippen LogP contribution < -0.4 is 15.5 Å². The minimum atomic E-state index is 0.353. The highest BCUT2D eigenvalue weighted by Crippen LogP contribution is 2.28. The molecule has 7 heteroatoms. The van der Waals surface area contributed by atoms with Crippen LogP contribution in [-0.4, -0.2) is 37.1 Å². The first-order valence-electron chi connectivity index (χ1n) is 8.46. The van der Waals surface area contributed by atoms with Gasteiger partial charge in [0.15, 0.2) is 5.96 Å². The quantitative estimate of drug-likeness (QED) is 0.604. The zero-order valence-corrected chi connectivity index (χ0v) is 16.4. The number of nitrogens with zero attached hydrogens (tertiary/aromatic N) is 3. The van der Waals surface area contributed by atoms with Gasteiger partial charge in [0.05, 0.1) is 17.9 Å². The lowest BCUT2D eigenvalue weighted by Gasteiger charge is -2.21. The molecule has 0 bridgehead atoms. The molecule has 0 amide bonds. The SMILES string of the molecule is CN=C(NCc1nc(C)c(C)o1)NC1CCN(c2ccccc2Br)C1. The fourth-order valence-corrected chi connectivity index (χ4v) is 3.50. The molecule has 6 nitrogen and oxygen atoms in total. The van der Waals surface area contributed by atoms with E-state index in [1.165, 1.54) is 5.69 Å². The molecule has 134 valence electrons. The maximum Gasteiger partial charge on any atom is 0.214 e. The van der Waals surface area contributed by atoms with Crippen LogP contribution in [0.15, 0.2) is 38.1 Å². The summed E-state index contributed by atoms with van der Waals surface area (Å²) >= 11 is 3.63. The van der Waals surface area contributed by atoms with E-state index in [4.69, 9.17) is 4.42 Å². The number of benzene rings is 1. The number of aromatic nitrogens is 1. The molecule has 1 aliphatic rings. The van der Waals surface area contributed by atoms with E-state index < -0.39 is 0 Å². The minimum Gasteiger partial charge on any atom is -0.444 e. The maximum absolute atomic E-state index is 5.60. The first-order chi connectivity index (χ1) is 12.1. The molecule has 1 fully saturated rings. The minimum absolute atomic E-state index is 0.353. The third-order valence-corrected chi connectivity index (χ3v) is 5.10. The predicted molar refractivity (Wildman–Crippen MR) is 104 cm³/mol. The summed E-state index contributed by atoms with van der Waals surface area (Å²) in [6.07, 6.45) is 1.07. The zero-order chi connectivity index (χ0) is 17.8. The van der Waals surface area contributed by atoms with Gasteiger partial charge in [-0.2, -0.15) is 0 Å².